The molecule has 2 atom stereocenters. The number of aliphatic hydroxyl groups excluding tert-OH is 1. The Bertz CT molecular complexity index is 86.7. The van der Waals surface area contributed by atoms with Crippen molar-refractivity contribution in [1.29, 1.82) is 0 Å². The molecule has 5 heteroatoms. The monoisotopic (exact) mass is 308 g/mol. The van der Waals surface area contributed by atoms with Gasteiger partial charge in [-0.3, -0.25) is 0 Å². The fourth-order valence-electron chi connectivity index (χ4n) is 0.206. The van der Waals surface area contributed by atoms with Crippen LogP contribution in [-0.2, 0) is 4.74 Å². The van der Waals surface area contributed by atoms with Gasteiger partial charge in [-0.2, -0.15) is 0 Å². The first kappa shape index (κ1) is 12.2. The van der Waals surface area contributed by atoms with Crippen molar-refractivity contribution in [2.75, 3.05) is 23.9 Å². The predicted molar refractivity (Wildman–Crippen MR) is 54.1 cm³/mol. The molecule has 0 aromatic carbocycles. The van der Waals surface area contributed by atoms with Crippen molar-refractivity contribution in [2.45, 2.75) is 11.5 Å². The number of ether oxygens (including phenoxy) is 1. The molecule has 0 amide bonds. The van der Waals surface area contributed by atoms with E-state index in [1.54, 1.807) is 0 Å². The van der Waals surface area contributed by atoms with Crippen molar-refractivity contribution in [1.82, 2.24) is 0 Å². The number of hydrogen-bond acceptors (Lipinski definition) is 2. The van der Waals surface area contributed by atoms with Crippen LogP contribution in [0.4, 0.5) is 0 Å². The maximum absolute atomic E-state index is 8.17. The van der Waals surface area contributed by atoms with Crippen LogP contribution < -0.4 is 0 Å². The maximum Gasteiger partial charge on any atom is 0.0906 e. The molecule has 1 rings (SSSR count). The van der Waals surface area contributed by atoms with Crippen LogP contribution in [-0.4, -0.2) is 40.5 Å². The summed E-state index contributed by atoms with van der Waals surface area (Å²) in [7, 11) is 0. The lowest BCUT2D eigenvalue weighted by atomic mass is 10.5. The Hall–Kier alpha value is 1.17. The minimum atomic E-state index is -0.120. The van der Waals surface area contributed by atoms with Crippen LogP contribution in [0.25, 0.3) is 0 Å². The molecule has 2 unspecified atom stereocenters. The summed E-state index contributed by atoms with van der Waals surface area (Å²) in [5.41, 5.74) is 0. The Morgan fingerprint density at radius 2 is 2.18 bits per heavy atom. The average molecular weight is 310 g/mol. The molecule has 1 fully saturated rings. The van der Waals surface area contributed by atoms with Gasteiger partial charge in [-0.15, -0.1) is 11.6 Å². The second kappa shape index (κ2) is 7.80. The van der Waals surface area contributed by atoms with Gasteiger partial charge >= 0.3 is 0 Å². The van der Waals surface area contributed by atoms with Gasteiger partial charge in [0.2, 0.25) is 0 Å². The second-order valence-corrected chi connectivity index (χ2v) is 3.96. The van der Waals surface area contributed by atoms with Crippen LogP contribution >= 0.6 is 43.5 Å². The molecule has 0 bridgehead atoms. The van der Waals surface area contributed by atoms with E-state index in [9.17, 15) is 0 Å². The first-order valence-corrected chi connectivity index (χ1v) is 5.91. The molecule has 0 aromatic rings. The molecule has 0 spiro atoms. The molecule has 0 radical (unpaired) electrons. The summed E-state index contributed by atoms with van der Waals surface area (Å²) in [6.07, 6.45) is 0.551. The number of aliphatic hydroxyl groups is 1. The fourth-order valence-corrected chi connectivity index (χ4v) is 0.784. The van der Waals surface area contributed by atoms with Gasteiger partial charge in [0.05, 0.1) is 24.7 Å². The Balaban J connectivity index is 0.000000183. The third-order valence-electron chi connectivity index (χ3n) is 0.940. The lowest BCUT2D eigenvalue weighted by molar-refractivity contribution is 0.299. The van der Waals surface area contributed by atoms with Crippen molar-refractivity contribution in [2.24, 2.45) is 0 Å². The normalized spacial score (nSPS) is 23.5. The predicted octanol–water partition coefficient (Wildman–Crippen LogP) is 1.76. The topological polar surface area (TPSA) is 32.8 Å². The highest BCUT2D eigenvalue weighted by atomic mass is 79.9. The first-order valence-electron chi connectivity index (χ1n) is 3.23. The SMILES string of the molecule is BrCC1CO1.OCC(Cl)CBr. The summed E-state index contributed by atoms with van der Waals surface area (Å²) >= 11 is 11.7. The van der Waals surface area contributed by atoms with Crippen molar-refractivity contribution < 1.29 is 9.84 Å². The van der Waals surface area contributed by atoms with Gasteiger partial charge in [0.1, 0.15) is 0 Å². The number of rotatable bonds is 3. The maximum atomic E-state index is 8.17. The lowest BCUT2D eigenvalue weighted by Crippen LogP contribution is -2.04. The minimum absolute atomic E-state index is 0.0484. The van der Waals surface area contributed by atoms with Gasteiger partial charge in [0, 0.05) is 10.7 Å². The van der Waals surface area contributed by atoms with Crippen LogP contribution in [0.2, 0.25) is 0 Å². The smallest absolute Gasteiger partial charge is 0.0906 e. The zero-order valence-electron chi connectivity index (χ0n) is 5.97. The van der Waals surface area contributed by atoms with Gasteiger partial charge in [-0.05, 0) is 0 Å². The first-order chi connectivity index (χ1) is 5.24. The molecule has 2 nitrogen and oxygen atoms in total. The second-order valence-electron chi connectivity index (χ2n) is 2.04. The Labute approximate surface area is 88.5 Å². The van der Waals surface area contributed by atoms with Crippen LogP contribution in [0.15, 0.2) is 0 Å². The van der Waals surface area contributed by atoms with Crippen molar-refractivity contribution >= 4 is 43.5 Å². The van der Waals surface area contributed by atoms with Gasteiger partial charge in [-0.1, -0.05) is 31.9 Å². The van der Waals surface area contributed by atoms with Crippen molar-refractivity contribution in [3.8, 4) is 0 Å². The molecule has 0 aliphatic carbocycles. The Morgan fingerprint density at radius 1 is 1.64 bits per heavy atom. The van der Waals surface area contributed by atoms with E-state index in [1.807, 2.05) is 0 Å². The number of epoxide rings is 1. The van der Waals surface area contributed by atoms with Crippen LogP contribution in [0, 0.1) is 0 Å². The standard InChI is InChI=1S/C3H6BrClO.C3H5BrO/c4-1-3(5)2-6;4-1-3-2-5-3/h3,6H,1-2H2;3H,1-2H2. The summed E-state index contributed by atoms with van der Waals surface area (Å²) < 4.78 is 4.81. The molecular formula is C6H11Br2ClO2. The van der Waals surface area contributed by atoms with E-state index in [0.29, 0.717) is 11.4 Å². The highest BCUT2D eigenvalue weighted by Crippen LogP contribution is 2.09. The van der Waals surface area contributed by atoms with E-state index in [4.69, 9.17) is 21.4 Å². The molecule has 1 aliphatic rings. The van der Waals surface area contributed by atoms with Gasteiger partial charge in [0.25, 0.3) is 0 Å². The minimum Gasteiger partial charge on any atom is -0.395 e. The fraction of sp³-hybridized carbons (Fsp3) is 1.00. The largest absolute Gasteiger partial charge is 0.395 e. The van der Waals surface area contributed by atoms with Crippen molar-refractivity contribution in [3.05, 3.63) is 0 Å². The van der Waals surface area contributed by atoms with E-state index < -0.39 is 0 Å². The molecule has 1 saturated heterocycles. The third-order valence-corrected chi connectivity index (χ3v) is 3.11. The molecule has 0 saturated carbocycles. The average Bonchev–Trinajstić information content (AvgIpc) is 2.86. The van der Waals surface area contributed by atoms with E-state index in [-0.39, 0.29) is 12.0 Å². The van der Waals surface area contributed by atoms with E-state index in [1.165, 1.54) is 0 Å². The van der Waals surface area contributed by atoms with E-state index >= 15 is 0 Å². The Kier molecular flexibility index (Phi) is 8.63. The molecule has 11 heavy (non-hydrogen) atoms. The lowest BCUT2D eigenvalue weighted by Gasteiger charge is -1.93. The van der Waals surface area contributed by atoms with Crippen LogP contribution in [0.1, 0.15) is 0 Å². The third kappa shape index (κ3) is 9.08. The molecular weight excluding hydrogens is 299 g/mol. The number of hydrogen-bond donors (Lipinski definition) is 1. The van der Waals surface area contributed by atoms with Gasteiger partial charge < -0.3 is 9.84 Å². The van der Waals surface area contributed by atoms with Gasteiger partial charge in [-0.25, -0.2) is 0 Å². The molecule has 1 heterocycles. The van der Waals surface area contributed by atoms with Crippen molar-refractivity contribution in [3.63, 3.8) is 0 Å². The summed E-state index contributed by atoms with van der Waals surface area (Å²) in [4.78, 5) is 0. The summed E-state index contributed by atoms with van der Waals surface area (Å²) in [5.74, 6) is 0. The number of halogens is 3. The highest BCUT2D eigenvalue weighted by molar-refractivity contribution is 9.09. The van der Waals surface area contributed by atoms with Gasteiger partial charge in [0.15, 0.2) is 0 Å². The molecule has 0 aromatic heterocycles. The molecule has 68 valence electrons. The highest BCUT2D eigenvalue weighted by Gasteiger charge is 2.19. The molecule has 1 N–H and O–H groups in total. The summed E-state index contributed by atoms with van der Waals surface area (Å²) in [6.45, 7) is 1.01. The molecule has 1 aliphatic heterocycles. The summed E-state index contributed by atoms with van der Waals surface area (Å²) in [5, 5.41) is 9.72. The summed E-state index contributed by atoms with van der Waals surface area (Å²) in [6, 6.07) is 0. The quantitative estimate of drug-likeness (QED) is 0.636. The van der Waals surface area contributed by atoms with Crippen LogP contribution in [0.5, 0.6) is 0 Å². The van der Waals surface area contributed by atoms with E-state index in [2.05, 4.69) is 31.9 Å². The number of alkyl halides is 3. The van der Waals surface area contributed by atoms with E-state index in [0.717, 1.165) is 11.9 Å². The Morgan fingerprint density at radius 3 is 2.18 bits per heavy atom. The zero-order valence-corrected chi connectivity index (χ0v) is 9.90. The van der Waals surface area contributed by atoms with Crippen LogP contribution in [0.3, 0.4) is 0 Å². The zero-order chi connectivity index (χ0) is 8.69.